The molecule has 0 aliphatic rings. The zero-order valence-corrected chi connectivity index (χ0v) is 21.7. The molecule has 0 saturated heterocycles. The summed E-state index contributed by atoms with van der Waals surface area (Å²) in [5, 5.41) is 17.1. The summed E-state index contributed by atoms with van der Waals surface area (Å²) in [7, 11) is 0. The maximum Gasteiger partial charge on any atom is 0.506 e. The Hall–Kier alpha value is -2.50. The molecule has 0 amide bonds. The monoisotopic (exact) mass is 492 g/mol. The van der Waals surface area contributed by atoms with Gasteiger partial charge in [-0.25, -0.2) is 9.59 Å². The van der Waals surface area contributed by atoms with E-state index in [1.54, 1.807) is 0 Å². The Morgan fingerprint density at radius 3 is 1.63 bits per heavy atom. The second-order valence-corrected chi connectivity index (χ2v) is 8.70. The van der Waals surface area contributed by atoms with Crippen LogP contribution in [0.15, 0.2) is 48.6 Å². The lowest BCUT2D eigenvalue weighted by molar-refractivity contribution is 0.0432. The van der Waals surface area contributed by atoms with Gasteiger partial charge in [0, 0.05) is 0 Å². The fourth-order valence-electron chi connectivity index (χ4n) is 3.64. The zero-order valence-electron chi connectivity index (χ0n) is 21.7. The second-order valence-electron chi connectivity index (χ2n) is 8.70. The lowest BCUT2D eigenvalue weighted by Crippen LogP contribution is -2.16. The van der Waals surface area contributed by atoms with Gasteiger partial charge in [0.2, 0.25) is 0 Å². The summed E-state index contributed by atoms with van der Waals surface area (Å²) >= 11 is 0. The van der Waals surface area contributed by atoms with E-state index in [1.807, 2.05) is 6.92 Å². The Morgan fingerprint density at radius 2 is 1.11 bits per heavy atom. The molecule has 1 unspecified atom stereocenters. The van der Waals surface area contributed by atoms with Gasteiger partial charge < -0.3 is 19.7 Å². The third-order valence-corrected chi connectivity index (χ3v) is 5.50. The molecule has 0 aliphatic heterocycles. The molecule has 0 fully saturated rings. The van der Waals surface area contributed by atoms with E-state index in [4.69, 9.17) is 14.9 Å². The van der Waals surface area contributed by atoms with Crippen LogP contribution in [0, 0.1) is 0 Å². The third-order valence-electron chi connectivity index (χ3n) is 5.50. The molecule has 0 heterocycles. The topological polar surface area (TPSA) is 93.1 Å². The van der Waals surface area contributed by atoms with E-state index < -0.39 is 12.3 Å². The molecule has 0 rings (SSSR count). The molecule has 6 nitrogen and oxygen atoms in total. The van der Waals surface area contributed by atoms with Crippen LogP contribution in [0.4, 0.5) is 9.59 Å². The second kappa shape index (κ2) is 26.1. The molecule has 0 spiro atoms. The van der Waals surface area contributed by atoms with Gasteiger partial charge in [-0.1, -0.05) is 87.6 Å². The Bertz CT molecular complexity index is 621. The third kappa shape index (κ3) is 27.6. The summed E-state index contributed by atoms with van der Waals surface area (Å²) in [6.45, 7) is 2.36. The van der Waals surface area contributed by atoms with Gasteiger partial charge in [0.15, 0.2) is 0 Å². The highest BCUT2D eigenvalue weighted by Crippen LogP contribution is 2.13. The van der Waals surface area contributed by atoms with Gasteiger partial charge in [0.1, 0.15) is 6.10 Å². The van der Waals surface area contributed by atoms with Gasteiger partial charge in [-0.2, -0.15) is 0 Å². The average molecular weight is 493 g/mol. The molecule has 35 heavy (non-hydrogen) atoms. The van der Waals surface area contributed by atoms with Crippen molar-refractivity contribution in [2.75, 3.05) is 6.61 Å². The van der Waals surface area contributed by atoms with Crippen LogP contribution in [0.25, 0.3) is 0 Å². The van der Waals surface area contributed by atoms with Gasteiger partial charge >= 0.3 is 12.3 Å². The molecule has 0 bridgehead atoms. The van der Waals surface area contributed by atoms with Crippen LogP contribution < -0.4 is 0 Å². The summed E-state index contributed by atoms with van der Waals surface area (Å²) in [6, 6.07) is 0. The van der Waals surface area contributed by atoms with Gasteiger partial charge in [0.25, 0.3) is 0 Å². The minimum atomic E-state index is -1.18. The van der Waals surface area contributed by atoms with E-state index in [2.05, 4.69) is 53.3 Å². The lowest BCUT2D eigenvalue weighted by Gasteiger charge is -2.14. The predicted octanol–water partition coefficient (Wildman–Crippen LogP) is 9.23. The Balaban J connectivity index is 3.50. The molecule has 0 aromatic heterocycles. The van der Waals surface area contributed by atoms with Crippen LogP contribution in [0.1, 0.15) is 110 Å². The number of carbonyl (C=O) groups is 2. The van der Waals surface area contributed by atoms with Crippen LogP contribution in [0.3, 0.4) is 0 Å². The van der Waals surface area contributed by atoms with E-state index in [9.17, 15) is 9.59 Å². The fourth-order valence-corrected chi connectivity index (χ4v) is 3.64. The van der Waals surface area contributed by atoms with Crippen molar-refractivity contribution < 1.29 is 29.3 Å². The summed E-state index contributed by atoms with van der Waals surface area (Å²) in [5.74, 6) is 0. The van der Waals surface area contributed by atoms with Crippen LogP contribution in [-0.2, 0) is 9.47 Å². The summed E-state index contributed by atoms with van der Waals surface area (Å²) in [5.41, 5.74) is 0. The lowest BCUT2D eigenvalue weighted by atomic mass is 10.1. The minimum absolute atomic E-state index is 0.158. The highest BCUT2D eigenvalue weighted by atomic mass is 16.7. The highest BCUT2D eigenvalue weighted by molar-refractivity contribution is 5.57. The number of hydrogen-bond donors (Lipinski definition) is 2. The van der Waals surface area contributed by atoms with Crippen molar-refractivity contribution in [2.45, 2.75) is 116 Å². The molecule has 200 valence electrons. The Morgan fingerprint density at radius 1 is 0.629 bits per heavy atom. The van der Waals surface area contributed by atoms with Crippen molar-refractivity contribution in [3.8, 4) is 0 Å². The van der Waals surface area contributed by atoms with Crippen LogP contribution in [0.5, 0.6) is 0 Å². The van der Waals surface area contributed by atoms with E-state index in [0.717, 1.165) is 83.5 Å². The first kappa shape index (κ1) is 32.5. The quantitative estimate of drug-likeness (QED) is 0.0838. The van der Waals surface area contributed by atoms with Crippen molar-refractivity contribution >= 4 is 12.3 Å². The zero-order chi connectivity index (χ0) is 25.8. The number of allylic oxidation sites excluding steroid dienone is 8. The van der Waals surface area contributed by atoms with Gasteiger partial charge in [0.05, 0.1) is 6.61 Å². The first-order valence-corrected chi connectivity index (χ1v) is 13.4. The van der Waals surface area contributed by atoms with E-state index in [0.29, 0.717) is 6.61 Å². The van der Waals surface area contributed by atoms with Crippen LogP contribution in [-0.4, -0.2) is 35.2 Å². The van der Waals surface area contributed by atoms with Gasteiger partial charge in [-0.15, -0.1) is 0 Å². The minimum Gasteiger partial charge on any atom is -0.450 e. The van der Waals surface area contributed by atoms with Crippen molar-refractivity contribution in [3.05, 3.63) is 48.6 Å². The van der Waals surface area contributed by atoms with Crippen molar-refractivity contribution in [1.82, 2.24) is 0 Å². The SMILES string of the molecule is CCCC(CCCCC=CCC=CCC=CCC=CCCCCCCCCOC(=O)O)OC(=O)O. The Labute approximate surface area is 212 Å². The molecule has 2 N–H and O–H groups in total. The molecule has 6 heteroatoms. The summed E-state index contributed by atoms with van der Waals surface area (Å²) in [4.78, 5) is 20.9. The summed E-state index contributed by atoms with van der Waals surface area (Å²) < 4.78 is 9.40. The normalized spacial score (nSPS) is 12.8. The number of hydrogen-bond acceptors (Lipinski definition) is 4. The smallest absolute Gasteiger partial charge is 0.450 e. The molecule has 0 saturated carbocycles. The molecular formula is C29H48O6. The predicted molar refractivity (Wildman–Crippen MR) is 143 cm³/mol. The summed E-state index contributed by atoms with van der Waals surface area (Å²) in [6.07, 6.45) is 31.4. The first-order chi connectivity index (χ1) is 17.1. The van der Waals surface area contributed by atoms with E-state index in [-0.39, 0.29) is 6.10 Å². The molecule has 1 atom stereocenters. The maximum atomic E-state index is 10.7. The van der Waals surface area contributed by atoms with Crippen LogP contribution >= 0.6 is 0 Å². The number of unbranched alkanes of at least 4 members (excludes halogenated alkanes) is 8. The maximum absolute atomic E-state index is 10.7. The fraction of sp³-hybridized carbons (Fsp3) is 0.655. The number of ether oxygens (including phenoxy) is 2. The van der Waals surface area contributed by atoms with Crippen molar-refractivity contribution in [1.29, 1.82) is 0 Å². The molecular weight excluding hydrogens is 444 g/mol. The Kier molecular flexibility index (Phi) is 24.2. The first-order valence-electron chi connectivity index (χ1n) is 13.4. The van der Waals surface area contributed by atoms with Crippen molar-refractivity contribution in [3.63, 3.8) is 0 Å². The molecule has 0 aromatic rings. The highest BCUT2D eigenvalue weighted by Gasteiger charge is 2.11. The number of rotatable bonds is 23. The van der Waals surface area contributed by atoms with Crippen molar-refractivity contribution in [2.24, 2.45) is 0 Å². The van der Waals surface area contributed by atoms with Gasteiger partial charge in [-0.05, 0) is 70.6 Å². The van der Waals surface area contributed by atoms with Gasteiger partial charge in [-0.3, -0.25) is 0 Å². The molecule has 0 aromatic carbocycles. The molecule has 0 aliphatic carbocycles. The molecule has 0 radical (unpaired) electrons. The largest absolute Gasteiger partial charge is 0.506 e. The van der Waals surface area contributed by atoms with E-state index in [1.165, 1.54) is 19.3 Å². The van der Waals surface area contributed by atoms with Crippen LogP contribution in [0.2, 0.25) is 0 Å². The number of carboxylic acid groups (broad SMARTS) is 2. The standard InChI is InChI=1S/C29H48O6/c1-2-24-27(35-29(32)33)25-22-20-18-16-14-12-10-8-6-4-3-5-7-9-11-13-15-17-19-21-23-26-34-28(30)31/h3-4,7-10,14,16,27H,2,5-6,11-13,15,17-26H2,1H3,(H,30,31)(H,32,33). The van der Waals surface area contributed by atoms with E-state index >= 15 is 0 Å². The average Bonchev–Trinajstić information content (AvgIpc) is 2.81.